The van der Waals surface area contributed by atoms with Gasteiger partial charge in [-0.2, -0.15) is 0 Å². The van der Waals surface area contributed by atoms with Crippen molar-refractivity contribution in [2.75, 3.05) is 14.1 Å². The van der Waals surface area contributed by atoms with Crippen molar-refractivity contribution in [1.82, 2.24) is 10.6 Å². The Morgan fingerprint density at radius 1 is 1.35 bits per heavy atom. The van der Waals surface area contributed by atoms with Crippen LogP contribution in [0.5, 0.6) is 0 Å². The third-order valence-electron chi connectivity index (χ3n) is 1.76. The predicted octanol–water partition coefficient (Wildman–Crippen LogP) is -1.76. The largest absolute Gasteiger partial charge is 1.00 e. The van der Waals surface area contributed by atoms with Gasteiger partial charge >= 0.3 is 29.6 Å². The Kier molecular flexibility index (Phi) is 13.9. The van der Waals surface area contributed by atoms with Gasteiger partial charge in [0.15, 0.2) is 5.96 Å². The second-order valence-electron chi connectivity index (χ2n) is 2.74. The van der Waals surface area contributed by atoms with Crippen molar-refractivity contribution in [3.8, 4) is 0 Å². The van der Waals surface area contributed by atoms with E-state index in [-0.39, 0.29) is 29.6 Å². The van der Waals surface area contributed by atoms with Gasteiger partial charge < -0.3 is 20.7 Å². The van der Waals surface area contributed by atoms with Crippen LogP contribution in [-0.2, 0) is 6.54 Å². The molecule has 0 aliphatic heterocycles. The van der Waals surface area contributed by atoms with Crippen LogP contribution in [0.15, 0.2) is 40.7 Å². The molecule has 2 N–H and O–H groups in total. The van der Waals surface area contributed by atoms with Crippen LogP contribution in [0.3, 0.4) is 0 Å². The van der Waals surface area contributed by atoms with Crippen molar-refractivity contribution in [2.24, 2.45) is 10.3 Å². The number of aliphatic imine (C=N–C) groups is 1. The van der Waals surface area contributed by atoms with Gasteiger partial charge in [0.1, 0.15) is 0 Å². The summed E-state index contributed by atoms with van der Waals surface area (Å²) in [5, 5.41) is 15.1. The first-order valence-corrected chi connectivity index (χ1v) is 4.65. The summed E-state index contributed by atoms with van der Waals surface area (Å²) in [5.74, 6) is 0.809. The number of benzene rings is 1. The second-order valence-corrected chi connectivity index (χ2v) is 2.74. The summed E-state index contributed by atoms with van der Waals surface area (Å²) in [6.07, 6.45) is 0. The van der Waals surface area contributed by atoms with Gasteiger partial charge in [0.25, 0.3) is 0 Å². The van der Waals surface area contributed by atoms with Crippen LogP contribution in [-0.4, -0.2) is 20.1 Å². The molecule has 0 saturated carbocycles. The topological polar surface area (TPSA) is 88.9 Å². The molecule has 88 valence electrons. The molecule has 0 spiro atoms. The minimum atomic E-state index is 0. The molecule has 0 radical (unpaired) electrons. The van der Waals surface area contributed by atoms with Crippen LogP contribution in [0.4, 0.5) is 0 Å². The number of guanidine groups is 1. The molecule has 1 aromatic carbocycles. The average molecular weight is 246 g/mol. The fourth-order valence-corrected chi connectivity index (χ4v) is 1.06. The minimum absolute atomic E-state index is 0. The Labute approximate surface area is 123 Å². The molecule has 0 atom stereocenters. The zero-order valence-electron chi connectivity index (χ0n) is 10.3. The van der Waals surface area contributed by atoms with Gasteiger partial charge in [0, 0.05) is 20.6 Å². The van der Waals surface area contributed by atoms with E-state index in [1.807, 2.05) is 25.2 Å². The van der Waals surface area contributed by atoms with E-state index < -0.39 is 0 Å². The molecule has 17 heavy (non-hydrogen) atoms. The molecule has 0 fully saturated rings. The quantitative estimate of drug-likeness (QED) is 0.213. The number of hydrogen-bond acceptors (Lipinski definition) is 4. The van der Waals surface area contributed by atoms with Crippen LogP contribution < -0.4 is 40.2 Å². The molecule has 6 nitrogen and oxygen atoms in total. The first-order chi connectivity index (χ1) is 7.78. The molecule has 0 saturated heterocycles. The smallest absolute Gasteiger partial charge is 0.444 e. The van der Waals surface area contributed by atoms with Crippen LogP contribution in [0.25, 0.3) is 0 Å². The van der Waals surface area contributed by atoms with E-state index in [2.05, 4.69) is 27.8 Å². The number of nitrogens with zero attached hydrogens (tertiary/aromatic N) is 2. The predicted molar refractivity (Wildman–Crippen MR) is 64.9 cm³/mol. The minimum Gasteiger partial charge on any atom is -0.444 e. The number of rotatable bonds is 2. The molecule has 1 aromatic rings. The molecular weight excluding hydrogens is 231 g/mol. The van der Waals surface area contributed by atoms with Crippen LogP contribution in [0, 0.1) is 10.1 Å². The third kappa shape index (κ3) is 9.80. The van der Waals surface area contributed by atoms with Crippen LogP contribution in [0.2, 0.25) is 0 Å². The summed E-state index contributed by atoms with van der Waals surface area (Å²) in [4.78, 5) is 12.0. The second kappa shape index (κ2) is 13.0. The van der Waals surface area contributed by atoms with Gasteiger partial charge in [-0.1, -0.05) is 30.3 Å². The van der Waals surface area contributed by atoms with E-state index in [0.717, 1.165) is 17.8 Å². The van der Waals surface area contributed by atoms with Crippen molar-refractivity contribution in [3.63, 3.8) is 0 Å². The molecule has 0 heterocycles. The summed E-state index contributed by atoms with van der Waals surface area (Å²) in [7, 11) is 3.60. The van der Waals surface area contributed by atoms with Gasteiger partial charge in [-0.05, 0) is 5.56 Å². The van der Waals surface area contributed by atoms with E-state index in [1.54, 1.807) is 7.05 Å². The van der Waals surface area contributed by atoms with Crippen molar-refractivity contribution in [2.45, 2.75) is 6.54 Å². The Morgan fingerprint density at radius 2 is 1.88 bits per heavy atom. The normalized spacial score (nSPS) is 9.18. The Morgan fingerprint density at radius 3 is 2.29 bits per heavy atom. The summed E-state index contributed by atoms with van der Waals surface area (Å²) in [6.45, 7) is 0.800. The standard InChI is InChI=1S/C10H15N3.HNO2.Na/c1-11-10(12-2)13-8-9-6-4-3-5-7-9;2-1-3;/h3-7H,8H2,1-2H3,(H2,11,12,13);(H,2,3);/q;;+1/p-1. The van der Waals surface area contributed by atoms with E-state index in [4.69, 9.17) is 10.1 Å². The SMILES string of the molecule is CN=C(NC)NCc1ccccc1.O=N[O-].[Na+]. The Balaban J connectivity index is 0. The molecule has 0 aromatic heterocycles. The van der Waals surface area contributed by atoms with E-state index in [9.17, 15) is 0 Å². The van der Waals surface area contributed by atoms with Gasteiger partial charge in [-0.15, -0.1) is 5.34 Å². The van der Waals surface area contributed by atoms with Crippen molar-refractivity contribution >= 4 is 5.96 Å². The molecular formula is C10H15N4NaO2. The van der Waals surface area contributed by atoms with Crippen molar-refractivity contribution in [3.05, 3.63) is 46.0 Å². The molecule has 0 aliphatic carbocycles. The number of nitrogens with one attached hydrogen (secondary N) is 2. The van der Waals surface area contributed by atoms with Crippen molar-refractivity contribution < 1.29 is 29.6 Å². The van der Waals surface area contributed by atoms with Gasteiger partial charge in [-0.25, -0.2) is 0 Å². The summed E-state index contributed by atoms with van der Waals surface area (Å²) in [6, 6.07) is 10.2. The van der Waals surface area contributed by atoms with Gasteiger partial charge in [0.2, 0.25) is 0 Å². The molecule has 0 bridgehead atoms. The van der Waals surface area contributed by atoms with Gasteiger partial charge in [-0.3, -0.25) is 4.99 Å². The molecule has 0 unspecified atom stereocenters. The maximum Gasteiger partial charge on any atom is 1.00 e. The fourth-order valence-electron chi connectivity index (χ4n) is 1.06. The maximum atomic E-state index is 8.00. The Bertz CT molecular complexity index is 319. The van der Waals surface area contributed by atoms with E-state index >= 15 is 0 Å². The summed E-state index contributed by atoms with van der Waals surface area (Å²) in [5.41, 5.74) is 1.25. The summed E-state index contributed by atoms with van der Waals surface area (Å²) >= 11 is 0. The fraction of sp³-hybridized carbons (Fsp3) is 0.300. The first kappa shape index (κ1) is 18.3. The molecule has 1 rings (SSSR count). The zero-order chi connectivity index (χ0) is 12.2. The van der Waals surface area contributed by atoms with Crippen LogP contribution in [0.1, 0.15) is 5.56 Å². The summed E-state index contributed by atoms with van der Waals surface area (Å²) < 4.78 is 0. The molecule has 7 heteroatoms. The number of hydrogen-bond donors (Lipinski definition) is 2. The third-order valence-corrected chi connectivity index (χ3v) is 1.76. The van der Waals surface area contributed by atoms with E-state index in [0.29, 0.717) is 0 Å². The molecule has 0 aliphatic rings. The first-order valence-electron chi connectivity index (χ1n) is 4.65. The monoisotopic (exact) mass is 246 g/mol. The Hall–Kier alpha value is -1.11. The maximum absolute atomic E-state index is 8.00. The van der Waals surface area contributed by atoms with E-state index in [1.165, 1.54) is 5.56 Å². The zero-order valence-corrected chi connectivity index (χ0v) is 12.3. The molecule has 0 amide bonds. The van der Waals surface area contributed by atoms with Crippen molar-refractivity contribution in [1.29, 1.82) is 0 Å². The van der Waals surface area contributed by atoms with Gasteiger partial charge in [0.05, 0.1) is 0 Å². The average Bonchev–Trinajstić information content (AvgIpc) is 2.33. The van der Waals surface area contributed by atoms with Crippen LogP contribution >= 0.6 is 0 Å².